The van der Waals surface area contributed by atoms with E-state index >= 15 is 0 Å². The van der Waals surface area contributed by atoms with Crippen molar-refractivity contribution >= 4 is 17.5 Å². The van der Waals surface area contributed by atoms with E-state index in [0.717, 1.165) is 22.8 Å². The van der Waals surface area contributed by atoms with Gasteiger partial charge in [0.1, 0.15) is 18.5 Å². The van der Waals surface area contributed by atoms with Gasteiger partial charge < -0.3 is 24.3 Å². The minimum atomic E-state index is -0.245. The number of ether oxygens (including phenoxy) is 4. The van der Waals surface area contributed by atoms with Crippen LogP contribution in [0.25, 0.3) is 0 Å². The molecule has 6 nitrogen and oxygen atoms in total. The third-order valence-electron chi connectivity index (χ3n) is 7.27. The number of carbonyl (C=O) groups excluding carboxylic acids is 1. The number of fused-ring (bicyclic) bond motifs is 1. The summed E-state index contributed by atoms with van der Waals surface area (Å²) in [6.45, 7) is 5.80. The van der Waals surface area contributed by atoms with Gasteiger partial charge in [0.25, 0.3) is 5.91 Å². The Labute approximate surface area is 229 Å². The Bertz CT molecular complexity index is 1230. The molecule has 1 fully saturated rings. The second-order valence-corrected chi connectivity index (χ2v) is 10.7. The van der Waals surface area contributed by atoms with Crippen LogP contribution in [0.1, 0.15) is 43.4 Å². The second kappa shape index (κ2) is 12.1. The van der Waals surface area contributed by atoms with Gasteiger partial charge in [-0.1, -0.05) is 61.8 Å². The van der Waals surface area contributed by atoms with E-state index in [-0.39, 0.29) is 24.7 Å². The van der Waals surface area contributed by atoms with Crippen molar-refractivity contribution in [1.82, 2.24) is 5.32 Å². The maximum Gasteiger partial charge on any atom is 0.258 e. The monoisotopic (exact) mass is 535 g/mol. The van der Waals surface area contributed by atoms with Crippen molar-refractivity contribution in [3.63, 3.8) is 0 Å². The lowest BCUT2D eigenvalue weighted by atomic mass is 9.76. The van der Waals surface area contributed by atoms with Crippen LogP contribution in [0, 0.1) is 11.8 Å². The van der Waals surface area contributed by atoms with Crippen LogP contribution in [0.5, 0.6) is 17.2 Å². The third-order valence-corrected chi connectivity index (χ3v) is 7.52. The minimum Gasteiger partial charge on any atom is -0.486 e. The van der Waals surface area contributed by atoms with Gasteiger partial charge in [0.2, 0.25) is 0 Å². The number of carbonyl (C=O) groups is 1. The highest BCUT2D eigenvalue weighted by atomic mass is 35.5. The second-order valence-electron chi connectivity index (χ2n) is 10.3. The number of halogens is 1. The summed E-state index contributed by atoms with van der Waals surface area (Å²) < 4.78 is 23.9. The molecule has 200 valence electrons. The lowest BCUT2D eigenvalue weighted by Gasteiger charge is -2.39. The lowest BCUT2D eigenvalue weighted by molar-refractivity contribution is -0.123. The molecule has 2 aliphatic heterocycles. The predicted octanol–water partition coefficient (Wildman–Crippen LogP) is 6.19. The molecule has 0 aromatic heterocycles. The molecule has 0 bridgehead atoms. The molecule has 3 aromatic rings. The molecule has 3 aromatic carbocycles. The number of para-hydroxylation sites is 2. The van der Waals surface area contributed by atoms with E-state index in [2.05, 4.69) is 37.4 Å². The number of benzene rings is 3. The van der Waals surface area contributed by atoms with Crippen LogP contribution in [0.3, 0.4) is 0 Å². The molecular weight excluding hydrogens is 502 g/mol. The third kappa shape index (κ3) is 6.43. The zero-order valence-corrected chi connectivity index (χ0v) is 22.5. The van der Waals surface area contributed by atoms with Gasteiger partial charge in [0, 0.05) is 10.9 Å². The molecule has 38 heavy (non-hydrogen) atoms. The van der Waals surface area contributed by atoms with Gasteiger partial charge in [-0.2, -0.15) is 0 Å². The van der Waals surface area contributed by atoms with Crippen LogP contribution in [0.4, 0.5) is 0 Å². The highest BCUT2D eigenvalue weighted by Gasteiger charge is 2.35. The van der Waals surface area contributed by atoms with Gasteiger partial charge in [0.05, 0.1) is 19.3 Å². The fourth-order valence-electron chi connectivity index (χ4n) is 5.17. The molecule has 1 amide bonds. The van der Waals surface area contributed by atoms with Gasteiger partial charge in [-0.3, -0.25) is 4.79 Å². The molecule has 0 spiro atoms. The molecule has 4 atom stereocenters. The molecule has 0 unspecified atom stereocenters. The van der Waals surface area contributed by atoms with E-state index in [1.165, 1.54) is 5.56 Å². The zero-order valence-electron chi connectivity index (χ0n) is 21.8. The molecule has 0 saturated carbocycles. The number of hydrogen-bond acceptors (Lipinski definition) is 5. The quantitative estimate of drug-likeness (QED) is 0.372. The average molecular weight is 536 g/mol. The number of nitrogens with one attached hydrogen (secondary N) is 1. The van der Waals surface area contributed by atoms with Crippen LogP contribution in [0.2, 0.25) is 5.02 Å². The summed E-state index contributed by atoms with van der Waals surface area (Å²) in [7, 11) is 0. The van der Waals surface area contributed by atoms with Crippen molar-refractivity contribution < 1.29 is 23.7 Å². The molecule has 1 N–H and O–H groups in total. The standard InChI is InChI=1S/C31H34ClNO5/c1-20(2)27-15-23(21-10-12-24(32)13-11-21)17-37-31(27)22-6-5-7-25(14-22)35-19-30(34)33-16-26-18-36-28-8-3-4-9-29(28)38-26/h3-14,20,23,26-27,31H,15-19H2,1-2H3,(H,33,34)/t23-,26+,27-,31-/m0/s1. The first-order valence-electron chi connectivity index (χ1n) is 13.2. The number of amides is 1. The number of hydrogen-bond donors (Lipinski definition) is 1. The van der Waals surface area contributed by atoms with E-state index in [0.29, 0.717) is 49.0 Å². The van der Waals surface area contributed by atoms with E-state index in [1.807, 2.05) is 54.6 Å². The van der Waals surface area contributed by atoms with Crippen molar-refractivity contribution in [3.8, 4) is 17.2 Å². The maximum atomic E-state index is 12.5. The smallest absolute Gasteiger partial charge is 0.258 e. The fraction of sp³-hybridized carbons (Fsp3) is 0.387. The molecule has 5 rings (SSSR count). The predicted molar refractivity (Wildman–Crippen MR) is 147 cm³/mol. The summed E-state index contributed by atoms with van der Waals surface area (Å²) in [6.07, 6.45) is 0.766. The minimum absolute atomic E-state index is 0.0257. The molecular formula is C31H34ClNO5. The Morgan fingerprint density at radius 1 is 1.00 bits per heavy atom. The zero-order chi connectivity index (χ0) is 26.5. The fourth-order valence-corrected chi connectivity index (χ4v) is 5.29. The summed E-state index contributed by atoms with van der Waals surface area (Å²) in [5, 5.41) is 3.62. The molecule has 7 heteroatoms. The summed E-state index contributed by atoms with van der Waals surface area (Å²) in [4.78, 5) is 12.5. The van der Waals surface area contributed by atoms with E-state index in [1.54, 1.807) is 0 Å². The molecule has 2 aliphatic rings. The normalized spacial score (nSPS) is 22.6. The summed E-state index contributed by atoms with van der Waals surface area (Å²) in [6, 6.07) is 23.5. The van der Waals surface area contributed by atoms with Crippen molar-refractivity contribution in [2.75, 3.05) is 26.4 Å². The lowest BCUT2D eigenvalue weighted by Crippen LogP contribution is -2.42. The summed E-state index contributed by atoms with van der Waals surface area (Å²) in [5.41, 5.74) is 2.33. The van der Waals surface area contributed by atoms with E-state index in [9.17, 15) is 4.79 Å². The summed E-state index contributed by atoms with van der Waals surface area (Å²) >= 11 is 6.08. The first kappa shape index (κ1) is 26.4. The van der Waals surface area contributed by atoms with Gasteiger partial charge in [0.15, 0.2) is 18.1 Å². The topological polar surface area (TPSA) is 66.0 Å². The average Bonchev–Trinajstić information content (AvgIpc) is 2.95. The van der Waals surface area contributed by atoms with Gasteiger partial charge >= 0.3 is 0 Å². The van der Waals surface area contributed by atoms with E-state index in [4.69, 9.17) is 30.5 Å². The van der Waals surface area contributed by atoms with Crippen molar-refractivity contribution in [1.29, 1.82) is 0 Å². The van der Waals surface area contributed by atoms with Crippen LogP contribution >= 0.6 is 11.6 Å². The highest BCUT2D eigenvalue weighted by Crippen LogP contribution is 2.44. The highest BCUT2D eigenvalue weighted by molar-refractivity contribution is 6.30. The molecule has 0 aliphatic carbocycles. The Morgan fingerprint density at radius 2 is 1.79 bits per heavy atom. The maximum absolute atomic E-state index is 12.5. The Balaban J connectivity index is 1.14. The molecule has 2 heterocycles. The van der Waals surface area contributed by atoms with Crippen molar-refractivity contribution in [2.45, 2.75) is 38.4 Å². The SMILES string of the molecule is CC(C)[C@@H]1C[C@H](c2ccc(Cl)cc2)CO[C@H]1c1cccc(OCC(=O)NC[C@@H]2COc3ccccc3O2)c1. The molecule has 1 saturated heterocycles. The van der Waals surface area contributed by atoms with Crippen LogP contribution in [-0.4, -0.2) is 38.4 Å². The van der Waals surface area contributed by atoms with Crippen LogP contribution < -0.4 is 19.5 Å². The number of rotatable bonds is 8. The Hall–Kier alpha value is -3.22. The van der Waals surface area contributed by atoms with Crippen LogP contribution in [0.15, 0.2) is 72.8 Å². The Morgan fingerprint density at radius 3 is 2.58 bits per heavy atom. The Kier molecular flexibility index (Phi) is 8.40. The largest absolute Gasteiger partial charge is 0.486 e. The first-order chi connectivity index (χ1) is 18.5. The molecule has 0 radical (unpaired) electrons. The van der Waals surface area contributed by atoms with Crippen molar-refractivity contribution in [3.05, 3.63) is 88.9 Å². The summed E-state index contributed by atoms with van der Waals surface area (Å²) in [5.74, 6) is 2.99. The van der Waals surface area contributed by atoms with Gasteiger partial charge in [-0.25, -0.2) is 0 Å². The van der Waals surface area contributed by atoms with Gasteiger partial charge in [-0.05, 0) is 65.8 Å². The van der Waals surface area contributed by atoms with E-state index < -0.39 is 0 Å². The van der Waals surface area contributed by atoms with Crippen molar-refractivity contribution in [2.24, 2.45) is 11.8 Å². The van der Waals surface area contributed by atoms with Gasteiger partial charge in [-0.15, -0.1) is 0 Å². The van der Waals surface area contributed by atoms with Crippen LogP contribution in [-0.2, 0) is 9.53 Å². The first-order valence-corrected chi connectivity index (χ1v) is 13.6.